The van der Waals surface area contributed by atoms with E-state index in [4.69, 9.17) is 4.52 Å². The average Bonchev–Trinajstić information content (AvgIpc) is 3.39. The number of rotatable bonds is 6. The van der Waals surface area contributed by atoms with Gasteiger partial charge < -0.3 is 14.2 Å². The van der Waals surface area contributed by atoms with Crippen molar-refractivity contribution in [2.45, 2.75) is 19.9 Å². The summed E-state index contributed by atoms with van der Waals surface area (Å²) in [6, 6.07) is 26.9. The van der Waals surface area contributed by atoms with Crippen LogP contribution in [-0.2, 0) is 13.0 Å². The van der Waals surface area contributed by atoms with E-state index in [1.165, 1.54) is 0 Å². The first-order chi connectivity index (χ1) is 16.6. The van der Waals surface area contributed by atoms with E-state index in [9.17, 15) is 9.90 Å². The fraction of sp³-hybridized carbons (Fsp3) is 0.111. The quantitative estimate of drug-likeness (QED) is 0.300. The molecule has 7 nitrogen and oxygen atoms in total. The lowest BCUT2D eigenvalue weighted by Gasteiger charge is -2.07. The lowest BCUT2D eigenvalue weighted by molar-refractivity contribution is 0.0994. The normalized spacial score (nSPS) is 11.4. The maximum absolute atomic E-state index is 13.0. The van der Waals surface area contributed by atoms with Crippen LogP contribution in [0.3, 0.4) is 0 Å². The Morgan fingerprint density at radius 2 is 1.65 bits per heavy atom. The van der Waals surface area contributed by atoms with Gasteiger partial charge in [0.1, 0.15) is 17.0 Å². The topological polar surface area (TPSA) is 93.0 Å². The lowest BCUT2D eigenvalue weighted by Crippen LogP contribution is -2.00. The van der Waals surface area contributed by atoms with Crippen LogP contribution in [0.2, 0.25) is 0 Å². The maximum Gasteiger partial charge on any atom is 0.301 e. The van der Waals surface area contributed by atoms with Crippen molar-refractivity contribution in [2.75, 3.05) is 0 Å². The first-order valence-corrected chi connectivity index (χ1v) is 11.0. The molecule has 0 saturated carbocycles. The monoisotopic (exact) mass is 450 g/mol. The molecule has 5 aromatic rings. The molecule has 1 N–H and O–H groups in total. The van der Waals surface area contributed by atoms with Gasteiger partial charge in [0.15, 0.2) is 5.69 Å². The van der Waals surface area contributed by atoms with Gasteiger partial charge in [0.05, 0.1) is 5.52 Å². The molecule has 34 heavy (non-hydrogen) atoms. The number of aryl methyl sites for hydroxylation is 3. The van der Waals surface area contributed by atoms with E-state index >= 15 is 0 Å². The second kappa shape index (κ2) is 9.15. The van der Waals surface area contributed by atoms with Crippen molar-refractivity contribution in [2.24, 2.45) is 10.2 Å². The number of benzene rings is 3. The number of fused-ring (bicyclic) bond motifs is 1. The highest BCUT2D eigenvalue weighted by Crippen LogP contribution is 2.39. The Morgan fingerprint density at radius 3 is 2.41 bits per heavy atom. The van der Waals surface area contributed by atoms with Crippen LogP contribution in [0.25, 0.3) is 22.2 Å². The predicted molar refractivity (Wildman–Crippen MR) is 129 cm³/mol. The van der Waals surface area contributed by atoms with Crippen molar-refractivity contribution in [3.05, 3.63) is 102 Å². The molecule has 7 heteroatoms. The standard InChI is InChI=1S/C27H22N4O3/c1-18-23(24(30-34-18)20-12-6-3-7-13-20)26(32)29-28-25-21-14-8-9-15-22(21)31(27(25)33)17-16-19-10-4-2-5-11-19/h2-15,33H,16-17H2,1H3. The Hall–Kier alpha value is -4.52. The Morgan fingerprint density at radius 1 is 0.971 bits per heavy atom. The molecule has 0 radical (unpaired) electrons. The van der Waals surface area contributed by atoms with E-state index in [1.54, 1.807) is 11.5 Å². The van der Waals surface area contributed by atoms with Gasteiger partial charge in [-0.3, -0.25) is 4.79 Å². The van der Waals surface area contributed by atoms with Crippen LogP contribution in [0.15, 0.2) is 99.7 Å². The van der Waals surface area contributed by atoms with Gasteiger partial charge in [-0.2, -0.15) is 0 Å². The Bertz CT molecular complexity index is 1480. The summed E-state index contributed by atoms with van der Waals surface area (Å²) in [6.45, 7) is 2.22. The van der Waals surface area contributed by atoms with E-state index < -0.39 is 5.91 Å². The highest BCUT2D eigenvalue weighted by atomic mass is 16.5. The van der Waals surface area contributed by atoms with Crippen molar-refractivity contribution in [3.8, 4) is 17.1 Å². The van der Waals surface area contributed by atoms with Crippen molar-refractivity contribution in [1.82, 2.24) is 9.72 Å². The lowest BCUT2D eigenvalue weighted by atomic mass is 10.1. The number of para-hydroxylation sites is 1. The fourth-order valence-electron chi connectivity index (χ4n) is 4.04. The molecule has 0 fully saturated rings. The van der Waals surface area contributed by atoms with Gasteiger partial charge in [-0.15, -0.1) is 10.2 Å². The molecule has 2 heterocycles. The van der Waals surface area contributed by atoms with E-state index in [2.05, 4.69) is 15.4 Å². The number of aromatic hydroxyl groups is 1. The van der Waals surface area contributed by atoms with E-state index in [1.807, 2.05) is 84.9 Å². The summed E-state index contributed by atoms with van der Waals surface area (Å²) < 4.78 is 7.06. The summed E-state index contributed by atoms with van der Waals surface area (Å²) in [5.41, 5.74) is 3.65. The third-order valence-electron chi connectivity index (χ3n) is 5.75. The summed E-state index contributed by atoms with van der Waals surface area (Å²) in [5.74, 6) is -0.255. The number of carbonyl (C=O) groups excluding carboxylic acids is 1. The molecule has 0 saturated heterocycles. The minimum atomic E-state index is -0.585. The van der Waals surface area contributed by atoms with E-state index in [0.717, 1.165) is 28.5 Å². The number of hydrogen-bond acceptors (Lipinski definition) is 5. The Balaban J connectivity index is 1.48. The number of amides is 1. The molecule has 0 atom stereocenters. The molecule has 3 aromatic carbocycles. The molecule has 0 aliphatic carbocycles. The number of azo groups is 1. The summed E-state index contributed by atoms with van der Waals surface area (Å²) in [5, 5.41) is 23.9. The van der Waals surface area contributed by atoms with Crippen LogP contribution in [0.4, 0.5) is 5.69 Å². The molecule has 0 spiro atoms. The van der Waals surface area contributed by atoms with Crippen molar-refractivity contribution in [1.29, 1.82) is 0 Å². The minimum Gasteiger partial charge on any atom is -0.493 e. The first kappa shape index (κ1) is 21.3. The van der Waals surface area contributed by atoms with Gasteiger partial charge in [-0.05, 0) is 25.0 Å². The highest BCUT2D eigenvalue weighted by Gasteiger charge is 2.22. The largest absolute Gasteiger partial charge is 0.493 e. The number of hydrogen-bond donors (Lipinski definition) is 1. The van der Waals surface area contributed by atoms with Gasteiger partial charge in [0.25, 0.3) is 0 Å². The molecule has 1 amide bonds. The van der Waals surface area contributed by atoms with Crippen LogP contribution >= 0.6 is 0 Å². The smallest absolute Gasteiger partial charge is 0.301 e. The molecule has 0 aliphatic heterocycles. The zero-order valence-electron chi connectivity index (χ0n) is 18.5. The van der Waals surface area contributed by atoms with E-state index in [0.29, 0.717) is 18.0 Å². The van der Waals surface area contributed by atoms with Crippen LogP contribution in [-0.4, -0.2) is 20.7 Å². The molecule has 5 rings (SSSR count). The maximum atomic E-state index is 13.0. The molecule has 168 valence electrons. The first-order valence-electron chi connectivity index (χ1n) is 11.0. The van der Waals surface area contributed by atoms with Crippen LogP contribution in [0, 0.1) is 6.92 Å². The Kier molecular flexibility index (Phi) is 5.74. The van der Waals surface area contributed by atoms with E-state index in [-0.39, 0.29) is 17.1 Å². The molecule has 2 aromatic heterocycles. The average molecular weight is 450 g/mol. The summed E-state index contributed by atoms with van der Waals surface area (Å²) in [4.78, 5) is 13.0. The van der Waals surface area contributed by atoms with Gasteiger partial charge in [0, 0.05) is 17.5 Å². The molecule has 0 bridgehead atoms. The SMILES string of the molecule is Cc1onc(-c2ccccc2)c1C(=O)N=Nc1c(O)n(CCc2ccccc2)c2ccccc12. The third-order valence-corrected chi connectivity index (χ3v) is 5.75. The summed E-state index contributed by atoms with van der Waals surface area (Å²) in [6.07, 6.45) is 0.739. The van der Waals surface area contributed by atoms with Gasteiger partial charge in [0.2, 0.25) is 5.88 Å². The number of nitrogens with zero attached hydrogens (tertiary/aromatic N) is 4. The highest BCUT2D eigenvalue weighted by molar-refractivity contribution is 6.02. The predicted octanol–water partition coefficient (Wildman–Crippen LogP) is 6.48. The second-order valence-corrected chi connectivity index (χ2v) is 7.91. The zero-order chi connectivity index (χ0) is 23.5. The van der Waals surface area contributed by atoms with Crippen molar-refractivity contribution >= 4 is 22.5 Å². The Labute approximate surface area is 196 Å². The molecular formula is C27H22N4O3. The second-order valence-electron chi connectivity index (χ2n) is 7.91. The van der Waals surface area contributed by atoms with Crippen molar-refractivity contribution < 1.29 is 14.4 Å². The molecule has 0 aliphatic rings. The van der Waals surface area contributed by atoms with Crippen molar-refractivity contribution in [3.63, 3.8) is 0 Å². The minimum absolute atomic E-state index is 0.0287. The van der Waals surface area contributed by atoms with Gasteiger partial charge in [-0.1, -0.05) is 84.0 Å². The molecular weight excluding hydrogens is 428 g/mol. The van der Waals surface area contributed by atoms with Crippen LogP contribution in [0.5, 0.6) is 5.88 Å². The van der Waals surface area contributed by atoms with Gasteiger partial charge in [-0.25, -0.2) is 0 Å². The fourth-order valence-corrected chi connectivity index (χ4v) is 4.04. The number of carbonyl (C=O) groups is 1. The van der Waals surface area contributed by atoms with Crippen LogP contribution < -0.4 is 0 Å². The third kappa shape index (κ3) is 3.99. The zero-order valence-corrected chi connectivity index (χ0v) is 18.5. The summed E-state index contributed by atoms with van der Waals surface area (Å²) in [7, 11) is 0. The van der Waals surface area contributed by atoms with Gasteiger partial charge >= 0.3 is 5.91 Å². The number of aromatic nitrogens is 2. The summed E-state index contributed by atoms with van der Waals surface area (Å²) >= 11 is 0. The van der Waals surface area contributed by atoms with Crippen LogP contribution in [0.1, 0.15) is 21.7 Å². The molecule has 0 unspecified atom stereocenters.